The quantitative estimate of drug-likeness (QED) is 0.187. The summed E-state index contributed by atoms with van der Waals surface area (Å²) >= 11 is 0. The van der Waals surface area contributed by atoms with Gasteiger partial charge in [0.05, 0.1) is 16.1 Å². The number of carbonyl (C=O) groups is 1. The zero-order chi connectivity index (χ0) is 23.8. The Bertz CT molecular complexity index is 915. The van der Waals surface area contributed by atoms with E-state index in [1.807, 2.05) is 25.3 Å². The van der Waals surface area contributed by atoms with Gasteiger partial charge in [0, 0.05) is 33.2 Å². The predicted molar refractivity (Wildman–Crippen MR) is 148 cm³/mol. The van der Waals surface area contributed by atoms with Crippen LogP contribution in [0.2, 0.25) is 39.3 Å². The molecule has 0 radical (unpaired) electrons. The molecule has 2 unspecified atom stereocenters. The minimum absolute atomic E-state index is 0.230. The first-order chi connectivity index (χ1) is 14.0. The monoisotopic (exact) mass is 493 g/mol. The normalized spacial score (nSPS) is 22.0. The van der Waals surface area contributed by atoms with E-state index < -0.39 is 35.9 Å². The van der Waals surface area contributed by atoms with Gasteiger partial charge >= 0.3 is 5.97 Å². The predicted octanol–water partition coefficient (Wildman–Crippen LogP) is 6.88. The van der Waals surface area contributed by atoms with Crippen LogP contribution in [-0.4, -0.2) is 51.3 Å². The van der Waals surface area contributed by atoms with E-state index in [2.05, 4.69) is 100 Å². The fourth-order valence-corrected chi connectivity index (χ4v) is 39.2. The van der Waals surface area contributed by atoms with E-state index in [4.69, 9.17) is 4.74 Å². The first-order valence-electron chi connectivity index (χ1n) is 10.9. The van der Waals surface area contributed by atoms with Crippen molar-refractivity contribution >= 4 is 46.1 Å². The van der Waals surface area contributed by atoms with Crippen LogP contribution in [-0.2, 0) is 9.53 Å². The fraction of sp³-hybridized carbons (Fsp3) is 0.500. The first kappa shape index (κ1) is 26.4. The summed E-state index contributed by atoms with van der Waals surface area (Å²) in [6.45, 7) is 19.0. The minimum atomic E-state index is -1.76. The molecule has 0 N–H and O–H groups in total. The molecule has 31 heavy (non-hydrogen) atoms. The zero-order valence-corrected chi connectivity index (χ0v) is 25.1. The molecule has 0 saturated carbocycles. The Balaban J connectivity index is 2.87. The second kappa shape index (κ2) is 9.17. The van der Waals surface area contributed by atoms with Crippen LogP contribution in [0.1, 0.15) is 20.8 Å². The summed E-state index contributed by atoms with van der Waals surface area (Å²) in [7, 11) is 0.548. The molecule has 2 atom stereocenters. The second-order valence-corrected chi connectivity index (χ2v) is 30.1. The Morgan fingerprint density at radius 1 is 1.00 bits per heavy atom. The van der Waals surface area contributed by atoms with E-state index >= 15 is 0 Å². The summed E-state index contributed by atoms with van der Waals surface area (Å²) in [4.78, 5) is 15.0. The highest BCUT2D eigenvalue weighted by Crippen LogP contribution is 2.90. The summed E-state index contributed by atoms with van der Waals surface area (Å²) < 4.78 is 7.48. The molecule has 172 valence electrons. The maximum absolute atomic E-state index is 12.7. The number of nitrogens with zero attached hydrogens (tertiary/aromatic N) is 1. The maximum atomic E-state index is 12.7. The molecule has 0 amide bonds. The molecule has 2 rings (SSSR count). The SMILES string of the molecule is CN(C)C1=CP(/C=C/C(=O)OC(C)(C)C)(=C([Si](C)(C)C)[Si](C)(C)C)P1c1ccccc1. The van der Waals surface area contributed by atoms with Crippen molar-refractivity contribution in [2.45, 2.75) is 65.7 Å². The van der Waals surface area contributed by atoms with Crippen LogP contribution in [0.3, 0.4) is 0 Å². The first-order valence-corrected chi connectivity index (χ1v) is 21.9. The fourth-order valence-electron chi connectivity index (χ4n) is 4.66. The van der Waals surface area contributed by atoms with Crippen molar-refractivity contribution in [1.29, 1.82) is 0 Å². The van der Waals surface area contributed by atoms with Gasteiger partial charge in [0.2, 0.25) is 0 Å². The molecule has 0 saturated heterocycles. The summed E-state index contributed by atoms with van der Waals surface area (Å²) in [6.07, 6.45) is 1.75. The highest BCUT2D eigenvalue weighted by Gasteiger charge is 2.47. The molecular formula is C24H41NO2P2Si2. The summed E-state index contributed by atoms with van der Waals surface area (Å²) in [5.74, 6) is 4.63. The van der Waals surface area contributed by atoms with Crippen LogP contribution in [0.25, 0.3) is 0 Å². The van der Waals surface area contributed by atoms with E-state index in [9.17, 15) is 4.79 Å². The molecule has 1 aliphatic rings. The minimum Gasteiger partial charge on any atom is -0.457 e. The van der Waals surface area contributed by atoms with Crippen LogP contribution in [0.4, 0.5) is 0 Å². The highest BCUT2D eigenvalue weighted by atomic mass is 32.1. The van der Waals surface area contributed by atoms with Gasteiger partial charge in [-0.15, -0.1) is 0 Å². The van der Waals surface area contributed by atoms with Crippen molar-refractivity contribution in [3.8, 4) is 0 Å². The van der Waals surface area contributed by atoms with Crippen molar-refractivity contribution in [3.05, 3.63) is 53.5 Å². The van der Waals surface area contributed by atoms with E-state index in [0.29, 0.717) is 0 Å². The molecule has 3 nitrogen and oxygen atoms in total. The summed E-state index contributed by atoms with van der Waals surface area (Å²) in [5, 5.41) is 1.42. The van der Waals surface area contributed by atoms with Gasteiger partial charge in [-0.05, 0) is 44.3 Å². The third kappa shape index (κ3) is 6.13. The van der Waals surface area contributed by atoms with Crippen LogP contribution >= 0.6 is 14.2 Å². The van der Waals surface area contributed by atoms with Gasteiger partial charge in [-0.25, -0.2) is 4.79 Å². The average Bonchev–Trinajstić information content (AvgIpc) is 2.53. The lowest BCUT2D eigenvalue weighted by molar-refractivity contribution is -0.148. The average molecular weight is 494 g/mol. The van der Waals surface area contributed by atoms with Crippen molar-refractivity contribution in [2.75, 3.05) is 14.1 Å². The molecule has 1 heterocycles. The van der Waals surface area contributed by atoms with Gasteiger partial charge in [-0.3, -0.25) is 0 Å². The molecule has 0 aromatic heterocycles. The topological polar surface area (TPSA) is 29.5 Å². The molecule has 1 aliphatic heterocycles. The number of benzene rings is 1. The Kier molecular flexibility index (Phi) is 7.81. The molecule has 0 bridgehead atoms. The highest BCUT2D eigenvalue weighted by molar-refractivity contribution is 8.49. The Labute approximate surface area is 193 Å². The van der Waals surface area contributed by atoms with Gasteiger partial charge in [-0.1, -0.05) is 74.2 Å². The van der Waals surface area contributed by atoms with E-state index in [0.717, 1.165) is 0 Å². The van der Waals surface area contributed by atoms with Gasteiger partial charge in [0.25, 0.3) is 0 Å². The zero-order valence-electron chi connectivity index (χ0n) is 21.3. The number of hydrogen-bond donors (Lipinski definition) is 0. The molecule has 0 fully saturated rings. The Morgan fingerprint density at radius 2 is 1.52 bits per heavy atom. The molecular weight excluding hydrogens is 452 g/mol. The number of carbonyl (C=O) groups excluding carboxylic acids is 1. The number of hydrogen-bond acceptors (Lipinski definition) is 3. The maximum Gasteiger partial charge on any atom is 0.331 e. The smallest absolute Gasteiger partial charge is 0.331 e. The number of ether oxygens (including phenoxy) is 1. The number of esters is 1. The van der Waals surface area contributed by atoms with Crippen LogP contribution in [0.5, 0.6) is 0 Å². The summed E-state index contributed by atoms with van der Waals surface area (Å²) in [6, 6.07) is 11.0. The van der Waals surface area contributed by atoms with Crippen molar-refractivity contribution in [1.82, 2.24) is 4.90 Å². The van der Waals surface area contributed by atoms with Crippen LogP contribution in [0, 0.1) is 0 Å². The molecule has 1 aromatic rings. The van der Waals surface area contributed by atoms with Gasteiger partial charge in [-0.2, -0.15) is 0 Å². The molecule has 1 aromatic carbocycles. The standard InChI is InChI=1S/C24H41NO2P2Si2/c1-24(2,3)27-22(26)17-18-29(23(30(6,7)8)31(9,10)11)19-21(25(4)5)28(29)20-15-13-12-14-16-20/h12-19H,1-11H3/b18-17+. The lowest BCUT2D eigenvalue weighted by Gasteiger charge is -2.50. The largest absolute Gasteiger partial charge is 0.457 e. The summed E-state index contributed by atoms with van der Waals surface area (Å²) in [5.41, 5.74) is 0.948. The van der Waals surface area contributed by atoms with Gasteiger partial charge in [0.1, 0.15) is 5.60 Å². The Morgan fingerprint density at radius 3 is 1.94 bits per heavy atom. The van der Waals surface area contributed by atoms with E-state index in [1.54, 1.807) is 6.08 Å². The van der Waals surface area contributed by atoms with Crippen molar-refractivity contribution < 1.29 is 9.53 Å². The third-order valence-corrected chi connectivity index (χ3v) is 28.9. The lowest BCUT2D eigenvalue weighted by Crippen LogP contribution is -2.50. The molecule has 7 heteroatoms. The third-order valence-electron chi connectivity index (χ3n) is 4.94. The van der Waals surface area contributed by atoms with E-state index in [1.165, 1.54) is 10.7 Å². The van der Waals surface area contributed by atoms with Gasteiger partial charge in [0.15, 0.2) is 0 Å². The van der Waals surface area contributed by atoms with Gasteiger partial charge < -0.3 is 9.64 Å². The van der Waals surface area contributed by atoms with Crippen LogP contribution < -0.4 is 5.30 Å². The lowest BCUT2D eigenvalue weighted by atomic mass is 10.2. The van der Waals surface area contributed by atoms with E-state index in [-0.39, 0.29) is 5.97 Å². The second-order valence-electron chi connectivity index (χ2n) is 11.5. The van der Waals surface area contributed by atoms with Crippen LogP contribution in [0.15, 0.2) is 53.5 Å². The Hall–Kier alpha value is -0.866. The molecule has 0 spiro atoms. The van der Waals surface area contributed by atoms with Crippen molar-refractivity contribution in [2.24, 2.45) is 0 Å². The van der Waals surface area contributed by atoms with Crippen molar-refractivity contribution in [3.63, 3.8) is 0 Å². The number of rotatable bonds is 6. The molecule has 0 aliphatic carbocycles.